The minimum atomic E-state index is 0.547. The number of anilines is 1. The van der Waals surface area contributed by atoms with Crippen LogP contribution in [0, 0.1) is 6.92 Å². The molecule has 17 heavy (non-hydrogen) atoms. The lowest BCUT2D eigenvalue weighted by atomic mass is 10.1. The van der Waals surface area contributed by atoms with E-state index in [4.69, 9.17) is 0 Å². The van der Waals surface area contributed by atoms with Crippen LogP contribution in [-0.2, 0) is 7.05 Å². The van der Waals surface area contributed by atoms with Crippen LogP contribution < -0.4 is 10.2 Å². The van der Waals surface area contributed by atoms with Gasteiger partial charge < -0.3 is 10.2 Å². The Morgan fingerprint density at radius 1 is 1.53 bits per heavy atom. The fourth-order valence-electron chi connectivity index (χ4n) is 2.68. The van der Waals surface area contributed by atoms with E-state index in [0.29, 0.717) is 12.1 Å². The van der Waals surface area contributed by atoms with Gasteiger partial charge in [-0.15, -0.1) is 0 Å². The molecular formula is C13H24N4. The van der Waals surface area contributed by atoms with Gasteiger partial charge >= 0.3 is 0 Å². The Morgan fingerprint density at radius 2 is 2.29 bits per heavy atom. The van der Waals surface area contributed by atoms with Crippen molar-refractivity contribution in [3.63, 3.8) is 0 Å². The van der Waals surface area contributed by atoms with Crippen molar-refractivity contribution >= 4 is 5.69 Å². The number of rotatable bonds is 3. The van der Waals surface area contributed by atoms with Crippen LogP contribution in [0.15, 0.2) is 6.20 Å². The number of hydrogen-bond acceptors (Lipinski definition) is 3. The standard InChI is InChI=1S/C13H24N4/c1-5-6-12-8-17(10(2)7-14-12)13-9-16(4)15-11(13)3/h9-10,12,14H,5-8H2,1-4H3. The second-order valence-electron chi connectivity index (χ2n) is 5.17. The third kappa shape index (κ3) is 2.63. The van der Waals surface area contributed by atoms with Crippen LogP contribution in [0.4, 0.5) is 5.69 Å². The van der Waals surface area contributed by atoms with Gasteiger partial charge in [-0.3, -0.25) is 4.68 Å². The lowest BCUT2D eigenvalue weighted by Gasteiger charge is -2.40. The van der Waals surface area contributed by atoms with Gasteiger partial charge in [-0.05, 0) is 20.3 Å². The van der Waals surface area contributed by atoms with E-state index in [-0.39, 0.29) is 0 Å². The zero-order chi connectivity index (χ0) is 12.4. The smallest absolute Gasteiger partial charge is 0.0827 e. The van der Waals surface area contributed by atoms with Crippen LogP contribution in [0.2, 0.25) is 0 Å². The van der Waals surface area contributed by atoms with E-state index >= 15 is 0 Å². The maximum Gasteiger partial charge on any atom is 0.0827 e. The molecule has 0 spiro atoms. The van der Waals surface area contributed by atoms with Crippen molar-refractivity contribution in [3.8, 4) is 0 Å². The first kappa shape index (κ1) is 12.4. The maximum atomic E-state index is 4.45. The lowest BCUT2D eigenvalue weighted by molar-refractivity contribution is 0.386. The minimum Gasteiger partial charge on any atom is -0.363 e. The Labute approximate surface area is 104 Å². The third-order valence-corrected chi connectivity index (χ3v) is 3.59. The van der Waals surface area contributed by atoms with Crippen LogP contribution in [0.5, 0.6) is 0 Å². The molecule has 96 valence electrons. The SMILES string of the molecule is CCCC1CN(c2cn(C)nc2C)C(C)CN1. The van der Waals surface area contributed by atoms with Crippen LogP contribution in [0.1, 0.15) is 32.4 Å². The summed E-state index contributed by atoms with van der Waals surface area (Å²) in [7, 11) is 1.99. The summed E-state index contributed by atoms with van der Waals surface area (Å²) in [5, 5.41) is 8.07. The van der Waals surface area contributed by atoms with Gasteiger partial charge in [-0.2, -0.15) is 5.10 Å². The van der Waals surface area contributed by atoms with E-state index in [1.165, 1.54) is 18.5 Å². The first-order valence-corrected chi connectivity index (χ1v) is 6.62. The van der Waals surface area contributed by atoms with Gasteiger partial charge in [0.05, 0.1) is 11.4 Å². The Balaban J connectivity index is 2.14. The lowest BCUT2D eigenvalue weighted by Crippen LogP contribution is -2.55. The molecule has 4 nitrogen and oxygen atoms in total. The van der Waals surface area contributed by atoms with E-state index in [2.05, 4.69) is 42.3 Å². The average Bonchev–Trinajstić information content (AvgIpc) is 2.61. The molecule has 1 aliphatic heterocycles. The highest BCUT2D eigenvalue weighted by Crippen LogP contribution is 2.23. The number of nitrogens with one attached hydrogen (secondary N) is 1. The molecule has 2 heterocycles. The van der Waals surface area contributed by atoms with Crippen molar-refractivity contribution in [2.45, 2.75) is 45.7 Å². The van der Waals surface area contributed by atoms with Gasteiger partial charge in [0, 0.05) is 38.4 Å². The van der Waals surface area contributed by atoms with Gasteiger partial charge in [0.15, 0.2) is 0 Å². The van der Waals surface area contributed by atoms with Crippen molar-refractivity contribution in [1.29, 1.82) is 0 Å². The summed E-state index contributed by atoms with van der Waals surface area (Å²) in [6, 6.07) is 1.17. The van der Waals surface area contributed by atoms with E-state index in [0.717, 1.165) is 18.8 Å². The van der Waals surface area contributed by atoms with Gasteiger partial charge in [-0.25, -0.2) is 0 Å². The molecule has 1 aromatic rings. The number of hydrogen-bond donors (Lipinski definition) is 1. The Bertz CT molecular complexity index is 371. The summed E-state index contributed by atoms with van der Waals surface area (Å²) in [4.78, 5) is 2.50. The van der Waals surface area contributed by atoms with Gasteiger partial charge in [0.25, 0.3) is 0 Å². The first-order valence-electron chi connectivity index (χ1n) is 6.62. The molecule has 0 aliphatic carbocycles. The molecule has 1 aromatic heterocycles. The van der Waals surface area contributed by atoms with Gasteiger partial charge in [0.1, 0.15) is 0 Å². The van der Waals surface area contributed by atoms with Crippen LogP contribution >= 0.6 is 0 Å². The van der Waals surface area contributed by atoms with Crippen molar-refractivity contribution in [1.82, 2.24) is 15.1 Å². The summed E-state index contributed by atoms with van der Waals surface area (Å²) in [6.45, 7) is 8.79. The molecule has 0 radical (unpaired) electrons. The Hall–Kier alpha value is -1.03. The highest BCUT2D eigenvalue weighted by Gasteiger charge is 2.26. The fraction of sp³-hybridized carbons (Fsp3) is 0.769. The highest BCUT2D eigenvalue weighted by molar-refractivity contribution is 5.50. The van der Waals surface area contributed by atoms with Crippen molar-refractivity contribution < 1.29 is 0 Å². The molecule has 2 rings (SSSR count). The van der Waals surface area contributed by atoms with E-state index in [9.17, 15) is 0 Å². The summed E-state index contributed by atoms with van der Waals surface area (Å²) < 4.78 is 1.91. The largest absolute Gasteiger partial charge is 0.363 e. The quantitative estimate of drug-likeness (QED) is 0.867. The molecule has 0 aromatic carbocycles. The Kier molecular flexibility index (Phi) is 3.72. The second kappa shape index (κ2) is 5.08. The van der Waals surface area contributed by atoms with Crippen molar-refractivity contribution in [2.24, 2.45) is 7.05 Å². The predicted octanol–water partition coefficient (Wildman–Crippen LogP) is 1.70. The molecule has 0 amide bonds. The second-order valence-corrected chi connectivity index (χ2v) is 5.17. The molecule has 1 N–H and O–H groups in total. The molecule has 0 bridgehead atoms. The summed E-state index contributed by atoms with van der Waals surface area (Å²) >= 11 is 0. The highest BCUT2D eigenvalue weighted by atomic mass is 15.3. The van der Waals surface area contributed by atoms with Gasteiger partial charge in [-0.1, -0.05) is 13.3 Å². The molecular weight excluding hydrogens is 212 g/mol. The van der Waals surface area contributed by atoms with Gasteiger partial charge in [0.2, 0.25) is 0 Å². The predicted molar refractivity (Wildman–Crippen MR) is 71.5 cm³/mol. The molecule has 2 unspecified atom stereocenters. The third-order valence-electron chi connectivity index (χ3n) is 3.59. The molecule has 0 saturated carbocycles. The topological polar surface area (TPSA) is 33.1 Å². The molecule has 1 fully saturated rings. The Morgan fingerprint density at radius 3 is 2.88 bits per heavy atom. The van der Waals surface area contributed by atoms with E-state index < -0.39 is 0 Å². The molecule has 1 aliphatic rings. The monoisotopic (exact) mass is 236 g/mol. The normalized spacial score (nSPS) is 25.3. The van der Waals surface area contributed by atoms with Crippen molar-refractivity contribution in [2.75, 3.05) is 18.0 Å². The molecule has 2 atom stereocenters. The number of piperazine rings is 1. The summed E-state index contributed by atoms with van der Waals surface area (Å²) in [5.41, 5.74) is 2.43. The van der Waals surface area contributed by atoms with E-state index in [1.54, 1.807) is 0 Å². The average molecular weight is 236 g/mol. The number of aryl methyl sites for hydroxylation is 2. The van der Waals surface area contributed by atoms with E-state index in [1.807, 2.05) is 11.7 Å². The summed E-state index contributed by atoms with van der Waals surface area (Å²) in [5.74, 6) is 0. The zero-order valence-corrected chi connectivity index (χ0v) is 11.4. The molecule has 1 saturated heterocycles. The maximum absolute atomic E-state index is 4.45. The number of aromatic nitrogens is 2. The fourth-order valence-corrected chi connectivity index (χ4v) is 2.68. The zero-order valence-electron chi connectivity index (χ0n) is 11.4. The first-order chi connectivity index (χ1) is 8.11. The van der Waals surface area contributed by atoms with Crippen molar-refractivity contribution in [3.05, 3.63) is 11.9 Å². The number of nitrogens with zero attached hydrogens (tertiary/aromatic N) is 3. The minimum absolute atomic E-state index is 0.547. The van der Waals surface area contributed by atoms with Crippen LogP contribution in [0.3, 0.4) is 0 Å². The summed E-state index contributed by atoms with van der Waals surface area (Å²) in [6.07, 6.45) is 4.63. The molecule has 4 heteroatoms. The van der Waals surface area contributed by atoms with Crippen LogP contribution in [0.25, 0.3) is 0 Å². The van der Waals surface area contributed by atoms with Crippen LogP contribution in [-0.4, -0.2) is 35.0 Å².